The van der Waals surface area contributed by atoms with Crippen LogP contribution in [0.15, 0.2) is 54.6 Å². The molecule has 23 heavy (non-hydrogen) atoms. The molecule has 2 aromatic carbocycles. The molecule has 1 fully saturated rings. The summed E-state index contributed by atoms with van der Waals surface area (Å²) in [6, 6.07) is 18.2. The van der Waals surface area contributed by atoms with Gasteiger partial charge in [0.2, 0.25) is 5.88 Å². The van der Waals surface area contributed by atoms with Gasteiger partial charge in [-0.05, 0) is 18.9 Å². The number of hydrogen-bond acceptors (Lipinski definition) is 4. The van der Waals surface area contributed by atoms with Gasteiger partial charge in [-0.25, -0.2) is 0 Å². The monoisotopic (exact) mass is 306 g/mol. The van der Waals surface area contributed by atoms with E-state index in [-0.39, 0.29) is 6.10 Å². The Morgan fingerprint density at radius 1 is 0.957 bits per heavy atom. The minimum Gasteiger partial charge on any atom is -0.473 e. The summed E-state index contributed by atoms with van der Waals surface area (Å²) in [6.07, 6.45) is 2.32. The van der Waals surface area contributed by atoms with E-state index in [0.29, 0.717) is 12.5 Å². The first-order valence-electron chi connectivity index (χ1n) is 7.97. The fourth-order valence-electron chi connectivity index (χ4n) is 2.94. The van der Waals surface area contributed by atoms with E-state index in [1.807, 2.05) is 48.5 Å². The molecule has 1 atom stereocenters. The topological polar surface area (TPSA) is 44.2 Å². The molecule has 2 heterocycles. The van der Waals surface area contributed by atoms with Crippen molar-refractivity contribution in [2.24, 2.45) is 0 Å². The average Bonchev–Trinajstić information content (AvgIpc) is 3.14. The summed E-state index contributed by atoms with van der Waals surface area (Å²) in [7, 11) is 0. The number of aromatic nitrogens is 2. The molecule has 0 spiro atoms. The van der Waals surface area contributed by atoms with Crippen LogP contribution in [0.2, 0.25) is 0 Å². The molecule has 0 N–H and O–H groups in total. The van der Waals surface area contributed by atoms with Gasteiger partial charge in [0.1, 0.15) is 12.3 Å². The highest BCUT2D eigenvalue weighted by molar-refractivity contribution is 5.96. The molecule has 3 aromatic rings. The molecule has 116 valence electrons. The molecular formula is C19H18N2O2. The Labute approximate surface area is 135 Å². The first-order valence-corrected chi connectivity index (χ1v) is 7.97. The highest BCUT2D eigenvalue weighted by Crippen LogP contribution is 2.30. The highest BCUT2D eigenvalue weighted by atomic mass is 16.5. The Morgan fingerprint density at radius 2 is 1.74 bits per heavy atom. The molecular weight excluding hydrogens is 288 g/mol. The molecule has 1 aliphatic rings. The maximum atomic E-state index is 5.90. The Morgan fingerprint density at radius 3 is 2.52 bits per heavy atom. The van der Waals surface area contributed by atoms with E-state index in [1.54, 1.807) is 0 Å². The van der Waals surface area contributed by atoms with Crippen LogP contribution in [0.1, 0.15) is 12.8 Å². The molecule has 1 saturated heterocycles. The zero-order valence-corrected chi connectivity index (χ0v) is 12.8. The maximum Gasteiger partial charge on any atom is 0.241 e. The maximum absolute atomic E-state index is 5.90. The van der Waals surface area contributed by atoms with Gasteiger partial charge >= 0.3 is 0 Å². The Balaban J connectivity index is 1.70. The van der Waals surface area contributed by atoms with E-state index < -0.39 is 0 Å². The third-order valence-electron chi connectivity index (χ3n) is 4.13. The highest BCUT2D eigenvalue weighted by Gasteiger charge is 2.18. The second-order valence-electron chi connectivity index (χ2n) is 5.71. The molecule has 4 rings (SSSR count). The van der Waals surface area contributed by atoms with Crippen LogP contribution in [0.3, 0.4) is 0 Å². The third kappa shape index (κ3) is 2.90. The van der Waals surface area contributed by atoms with E-state index in [4.69, 9.17) is 9.47 Å². The van der Waals surface area contributed by atoms with E-state index >= 15 is 0 Å². The van der Waals surface area contributed by atoms with Gasteiger partial charge in [0.05, 0.1) is 6.10 Å². The third-order valence-corrected chi connectivity index (χ3v) is 4.13. The van der Waals surface area contributed by atoms with E-state index in [0.717, 1.165) is 41.5 Å². The zero-order valence-electron chi connectivity index (χ0n) is 12.8. The van der Waals surface area contributed by atoms with Crippen molar-refractivity contribution < 1.29 is 9.47 Å². The van der Waals surface area contributed by atoms with Crippen LogP contribution in [0, 0.1) is 0 Å². The quantitative estimate of drug-likeness (QED) is 0.734. The van der Waals surface area contributed by atoms with Crippen LogP contribution in [0.4, 0.5) is 0 Å². The van der Waals surface area contributed by atoms with Gasteiger partial charge in [-0.2, -0.15) is 0 Å². The molecule has 0 saturated carbocycles. The lowest BCUT2D eigenvalue weighted by molar-refractivity contribution is 0.0666. The molecule has 0 aliphatic carbocycles. The summed E-state index contributed by atoms with van der Waals surface area (Å²) in [6.45, 7) is 1.36. The van der Waals surface area contributed by atoms with Crippen molar-refractivity contribution in [1.82, 2.24) is 10.2 Å². The summed E-state index contributed by atoms with van der Waals surface area (Å²) in [5.74, 6) is 0.579. The molecule has 0 unspecified atom stereocenters. The zero-order chi connectivity index (χ0) is 15.5. The average molecular weight is 306 g/mol. The fourth-order valence-corrected chi connectivity index (χ4v) is 2.94. The van der Waals surface area contributed by atoms with Crippen molar-refractivity contribution in [2.75, 3.05) is 13.2 Å². The second-order valence-corrected chi connectivity index (χ2v) is 5.71. The van der Waals surface area contributed by atoms with Gasteiger partial charge in [0.15, 0.2) is 0 Å². The summed E-state index contributed by atoms with van der Waals surface area (Å²) in [4.78, 5) is 0. The van der Waals surface area contributed by atoms with Crippen molar-refractivity contribution in [2.45, 2.75) is 18.9 Å². The first-order chi connectivity index (χ1) is 11.4. The van der Waals surface area contributed by atoms with E-state index in [2.05, 4.69) is 16.3 Å². The standard InChI is InChI=1S/C19H18N2O2/c1-2-7-14(8-3-1)18-16-10-4-5-11-17(16)19(21-20-18)23-13-15-9-6-12-22-15/h1-5,7-8,10-11,15H,6,9,12-13H2/t15-/m1/s1. The summed E-state index contributed by atoms with van der Waals surface area (Å²) >= 11 is 0. The number of fused-ring (bicyclic) bond motifs is 1. The van der Waals surface area contributed by atoms with Crippen molar-refractivity contribution in [3.8, 4) is 17.1 Å². The Hall–Kier alpha value is -2.46. The number of hydrogen-bond donors (Lipinski definition) is 0. The summed E-state index contributed by atoms with van der Waals surface area (Å²) < 4.78 is 11.5. The van der Waals surface area contributed by atoms with Crippen LogP contribution < -0.4 is 4.74 Å². The summed E-state index contributed by atoms with van der Waals surface area (Å²) in [5, 5.41) is 10.8. The largest absolute Gasteiger partial charge is 0.473 e. The second kappa shape index (κ2) is 6.34. The minimum atomic E-state index is 0.171. The van der Waals surface area contributed by atoms with Gasteiger partial charge in [0.25, 0.3) is 0 Å². The van der Waals surface area contributed by atoms with E-state index in [1.165, 1.54) is 0 Å². The number of benzene rings is 2. The van der Waals surface area contributed by atoms with E-state index in [9.17, 15) is 0 Å². The van der Waals surface area contributed by atoms with Crippen molar-refractivity contribution in [1.29, 1.82) is 0 Å². The van der Waals surface area contributed by atoms with Gasteiger partial charge < -0.3 is 9.47 Å². The van der Waals surface area contributed by atoms with Crippen LogP contribution in [-0.2, 0) is 4.74 Å². The molecule has 0 radical (unpaired) electrons. The van der Waals surface area contributed by atoms with Crippen LogP contribution >= 0.6 is 0 Å². The SMILES string of the molecule is c1ccc(-c2nnc(OC[C@H]3CCCO3)c3ccccc23)cc1. The normalized spacial score (nSPS) is 17.5. The molecule has 0 amide bonds. The predicted molar refractivity (Wildman–Crippen MR) is 89.4 cm³/mol. The lowest BCUT2D eigenvalue weighted by atomic mass is 10.1. The lowest BCUT2D eigenvalue weighted by Gasteiger charge is -2.13. The fraction of sp³-hybridized carbons (Fsp3) is 0.263. The minimum absolute atomic E-state index is 0.171. The smallest absolute Gasteiger partial charge is 0.241 e. The van der Waals surface area contributed by atoms with Crippen molar-refractivity contribution >= 4 is 10.8 Å². The lowest BCUT2D eigenvalue weighted by Crippen LogP contribution is -2.17. The van der Waals surface area contributed by atoms with Gasteiger partial charge in [-0.3, -0.25) is 0 Å². The molecule has 4 heteroatoms. The summed E-state index contributed by atoms with van der Waals surface area (Å²) in [5.41, 5.74) is 1.94. The van der Waals surface area contributed by atoms with Crippen LogP contribution in [-0.4, -0.2) is 29.5 Å². The van der Waals surface area contributed by atoms with Gasteiger partial charge in [-0.1, -0.05) is 48.5 Å². The van der Waals surface area contributed by atoms with Crippen LogP contribution in [0.25, 0.3) is 22.0 Å². The molecule has 4 nitrogen and oxygen atoms in total. The first kappa shape index (κ1) is 14.2. The van der Waals surface area contributed by atoms with Gasteiger partial charge in [0, 0.05) is 22.9 Å². The Bertz CT molecular complexity index is 799. The van der Waals surface area contributed by atoms with Gasteiger partial charge in [-0.15, -0.1) is 10.2 Å². The number of ether oxygens (including phenoxy) is 2. The van der Waals surface area contributed by atoms with Crippen molar-refractivity contribution in [3.63, 3.8) is 0 Å². The van der Waals surface area contributed by atoms with Crippen LogP contribution in [0.5, 0.6) is 5.88 Å². The molecule has 1 aromatic heterocycles. The van der Waals surface area contributed by atoms with Crippen molar-refractivity contribution in [3.05, 3.63) is 54.6 Å². The predicted octanol–water partition coefficient (Wildman–Crippen LogP) is 3.85. The molecule has 0 bridgehead atoms. The Kier molecular flexibility index (Phi) is 3.90. The number of nitrogens with zero attached hydrogens (tertiary/aromatic N) is 2. The molecule has 1 aliphatic heterocycles. The number of rotatable bonds is 4.